The van der Waals surface area contributed by atoms with Gasteiger partial charge in [-0.15, -0.1) is 11.3 Å². The lowest BCUT2D eigenvalue weighted by molar-refractivity contribution is 0.0883. The normalized spacial score (nSPS) is 15.0. The van der Waals surface area contributed by atoms with E-state index in [0.29, 0.717) is 30.2 Å². The zero-order valence-corrected chi connectivity index (χ0v) is 19.5. The Morgan fingerprint density at radius 2 is 2.06 bits per heavy atom. The second kappa shape index (κ2) is 11.3. The number of likely N-dealkylation sites (tertiary alicyclic amines) is 1. The highest BCUT2D eigenvalue weighted by atomic mass is 32.1. The van der Waals surface area contributed by atoms with Crippen LogP contribution in [0.4, 0.5) is 5.13 Å². The smallest absolute Gasteiger partial charge is 0.255 e. The van der Waals surface area contributed by atoms with Gasteiger partial charge in [0.15, 0.2) is 5.13 Å². The van der Waals surface area contributed by atoms with E-state index < -0.39 is 0 Å². The second-order valence-corrected chi connectivity index (χ2v) is 8.80. The van der Waals surface area contributed by atoms with Gasteiger partial charge in [-0.3, -0.25) is 9.69 Å². The number of amides is 1. The Morgan fingerprint density at radius 3 is 2.71 bits per heavy atom. The Labute approximate surface area is 188 Å². The summed E-state index contributed by atoms with van der Waals surface area (Å²) in [7, 11) is 7.24. The first kappa shape index (κ1) is 23.3. The Kier molecular flexibility index (Phi) is 8.51. The van der Waals surface area contributed by atoms with Crippen LogP contribution in [0.3, 0.4) is 0 Å². The Morgan fingerprint density at radius 1 is 1.29 bits per heavy atom. The Balaban J connectivity index is 1.57. The molecule has 1 saturated heterocycles. The van der Waals surface area contributed by atoms with Gasteiger partial charge in [-0.25, -0.2) is 4.98 Å². The van der Waals surface area contributed by atoms with Gasteiger partial charge in [-0.05, 0) is 25.0 Å². The summed E-state index contributed by atoms with van der Waals surface area (Å²) in [4.78, 5) is 22.8. The summed E-state index contributed by atoms with van der Waals surface area (Å²) in [5.74, 6) is 1.06. The van der Waals surface area contributed by atoms with Crippen molar-refractivity contribution in [3.63, 3.8) is 0 Å². The number of carbonyl (C=O) groups is 1. The van der Waals surface area contributed by atoms with Gasteiger partial charge >= 0.3 is 0 Å². The lowest BCUT2D eigenvalue weighted by Crippen LogP contribution is -2.38. The van der Waals surface area contributed by atoms with Crippen LogP contribution in [0.25, 0.3) is 0 Å². The molecule has 1 aliphatic rings. The number of hydrogen-bond donors (Lipinski definition) is 1. The molecule has 8 nitrogen and oxygen atoms in total. The number of hydrogen-bond acceptors (Lipinski definition) is 8. The number of carbonyl (C=O) groups excluding carboxylic acids is 1. The number of nitrogens with zero attached hydrogens (tertiary/aromatic N) is 3. The highest BCUT2D eigenvalue weighted by molar-refractivity contribution is 7.15. The van der Waals surface area contributed by atoms with Crippen molar-refractivity contribution in [3.8, 4) is 11.5 Å². The topological polar surface area (TPSA) is 76.2 Å². The van der Waals surface area contributed by atoms with Gasteiger partial charge in [0, 0.05) is 64.5 Å². The third-order valence-electron chi connectivity index (χ3n) is 5.16. The summed E-state index contributed by atoms with van der Waals surface area (Å²) >= 11 is 1.73. The van der Waals surface area contributed by atoms with Gasteiger partial charge < -0.3 is 24.4 Å². The van der Waals surface area contributed by atoms with Crippen LogP contribution in [0.15, 0.2) is 24.4 Å². The number of thiazole rings is 1. The van der Waals surface area contributed by atoms with Crippen LogP contribution >= 0.6 is 11.3 Å². The van der Waals surface area contributed by atoms with Gasteiger partial charge in [0.2, 0.25) is 0 Å². The molecular weight excluding hydrogens is 416 g/mol. The molecule has 0 aliphatic carbocycles. The summed E-state index contributed by atoms with van der Waals surface area (Å²) < 4.78 is 16.6. The van der Waals surface area contributed by atoms with Crippen molar-refractivity contribution in [1.82, 2.24) is 15.2 Å². The first-order valence-electron chi connectivity index (χ1n) is 10.5. The Hall–Kier alpha value is -2.36. The molecule has 9 heteroatoms. The lowest BCUT2D eigenvalue weighted by Gasteiger charge is -2.32. The zero-order valence-electron chi connectivity index (χ0n) is 18.7. The average Bonchev–Trinajstić information content (AvgIpc) is 3.24. The van der Waals surface area contributed by atoms with Gasteiger partial charge in [-0.1, -0.05) is 0 Å². The van der Waals surface area contributed by atoms with E-state index in [4.69, 9.17) is 14.2 Å². The van der Waals surface area contributed by atoms with Crippen LogP contribution < -0.4 is 19.7 Å². The fourth-order valence-electron chi connectivity index (χ4n) is 3.44. The highest BCUT2D eigenvalue weighted by Gasteiger charge is 2.23. The molecule has 0 saturated carbocycles. The van der Waals surface area contributed by atoms with E-state index in [2.05, 4.69) is 15.2 Å². The van der Waals surface area contributed by atoms with E-state index in [1.165, 1.54) is 4.88 Å². The van der Waals surface area contributed by atoms with E-state index in [-0.39, 0.29) is 12.0 Å². The molecule has 0 unspecified atom stereocenters. The SMILES string of the molecule is COCCNC(=O)c1ccc(OC)cc1OC1CCN(Cc2cnc(N(C)C)s2)CC1. The van der Waals surface area contributed by atoms with Crippen LogP contribution in [-0.2, 0) is 11.3 Å². The minimum atomic E-state index is -0.172. The van der Waals surface area contributed by atoms with Crippen LogP contribution in [0.5, 0.6) is 11.5 Å². The predicted octanol–water partition coefficient (Wildman–Crippen LogP) is 2.64. The van der Waals surface area contributed by atoms with Gasteiger partial charge in [0.1, 0.15) is 17.6 Å². The van der Waals surface area contributed by atoms with Gasteiger partial charge in [0.25, 0.3) is 5.91 Å². The number of ether oxygens (including phenoxy) is 3. The minimum absolute atomic E-state index is 0.0627. The maximum absolute atomic E-state index is 12.6. The molecule has 2 heterocycles. The summed E-state index contributed by atoms with van der Waals surface area (Å²) in [6.45, 7) is 3.71. The van der Waals surface area contributed by atoms with Crippen molar-refractivity contribution in [1.29, 1.82) is 0 Å². The van der Waals surface area contributed by atoms with E-state index in [1.807, 2.05) is 25.2 Å². The monoisotopic (exact) mass is 448 g/mol. The number of nitrogens with one attached hydrogen (secondary N) is 1. The van der Waals surface area contributed by atoms with Crippen LogP contribution in [0.1, 0.15) is 28.1 Å². The fraction of sp³-hybridized carbons (Fsp3) is 0.545. The molecule has 1 fully saturated rings. The number of anilines is 1. The van der Waals surface area contributed by atoms with Crippen molar-refractivity contribution in [2.45, 2.75) is 25.5 Å². The van der Waals surface area contributed by atoms with Gasteiger partial charge in [0.05, 0.1) is 19.3 Å². The van der Waals surface area contributed by atoms with Crippen LogP contribution in [-0.4, -0.2) is 76.5 Å². The number of methoxy groups -OCH3 is 2. The molecule has 0 spiro atoms. The van der Waals surface area contributed by atoms with Crippen LogP contribution in [0, 0.1) is 0 Å². The molecule has 1 amide bonds. The Bertz CT molecular complexity index is 850. The maximum Gasteiger partial charge on any atom is 0.255 e. The fourth-order valence-corrected chi connectivity index (χ4v) is 4.31. The molecule has 170 valence electrons. The van der Waals surface area contributed by atoms with E-state index >= 15 is 0 Å². The quantitative estimate of drug-likeness (QED) is 0.560. The minimum Gasteiger partial charge on any atom is -0.497 e. The van der Waals surface area contributed by atoms with Crippen molar-refractivity contribution < 1.29 is 19.0 Å². The van der Waals surface area contributed by atoms with Crippen molar-refractivity contribution >= 4 is 22.4 Å². The first-order valence-corrected chi connectivity index (χ1v) is 11.3. The summed E-state index contributed by atoms with van der Waals surface area (Å²) in [6, 6.07) is 5.31. The van der Waals surface area contributed by atoms with Crippen molar-refractivity contribution in [3.05, 3.63) is 34.8 Å². The average molecular weight is 449 g/mol. The number of piperidine rings is 1. The van der Waals surface area contributed by atoms with Crippen LogP contribution in [0.2, 0.25) is 0 Å². The van der Waals surface area contributed by atoms with Crippen molar-refractivity contribution in [2.75, 3.05) is 59.5 Å². The molecule has 0 atom stereocenters. The molecule has 1 aliphatic heterocycles. The van der Waals surface area contributed by atoms with E-state index in [1.54, 1.807) is 43.8 Å². The summed E-state index contributed by atoms with van der Waals surface area (Å²) in [5, 5.41) is 3.89. The molecule has 3 rings (SSSR count). The summed E-state index contributed by atoms with van der Waals surface area (Å²) in [6.07, 6.45) is 3.84. The third-order valence-corrected chi connectivity index (χ3v) is 6.31. The molecule has 1 aromatic carbocycles. The van der Waals surface area contributed by atoms with Crippen molar-refractivity contribution in [2.24, 2.45) is 0 Å². The molecule has 2 aromatic rings. The number of rotatable bonds is 10. The molecule has 31 heavy (non-hydrogen) atoms. The van der Waals surface area contributed by atoms with E-state index in [9.17, 15) is 4.79 Å². The maximum atomic E-state index is 12.6. The second-order valence-electron chi connectivity index (χ2n) is 7.71. The molecule has 1 N–H and O–H groups in total. The van der Waals surface area contributed by atoms with E-state index in [0.717, 1.165) is 37.6 Å². The molecule has 0 radical (unpaired) electrons. The molecular formula is C22H32N4O4S. The summed E-state index contributed by atoms with van der Waals surface area (Å²) in [5.41, 5.74) is 0.514. The van der Waals surface area contributed by atoms with Gasteiger partial charge in [-0.2, -0.15) is 0 Å². The number of benzene rings is 1. The predicted molar refractivity (Wildman–Crippen MR) is 123 cm³/mol. The first-order chi connectivity index (χ1) is 15.0. The molecule has 0 bridgehead atoms. The largest absolute Gasteiger partial charge is 0.497 e. The zero-order chi connectivity index (χ0) is 22.2. The number of aromatic nitrogens is 1. The standard InChI is InChI=1S/C22H32N4O4S/c1-25(2)22-24-14-18(31-22)15-26-10-7-16(8-11-26)30-20-13-17(29-4)5-6-19(20)21(27)23-9-12-28-3/h5-6,13-14,16H,7-12,15H2,1-4H3,(H,23,27). The third kappa shape index (κ3) is 6.56. The molecule has 1 aromatic heterocycles. The highest BCUT2D eigenvalue weighted by Crippen LogP contribution is 2.29. The lowest BCUT2D eigenvalue weighted by atomic mass is 10.1.